The molecule has 0 aliphatic heterocycles. The summed E-state index contributed by atoms with van der Waals surface area (Å²) >= 11 is 0. The molecule has 1 heterocycles. The normalized spacial score (nSPS) is 10.9. The number of ketones is 1. The maximum absolute atomic E-state index is 12.1. The minimum atomic E-state index is -0.564. The van der Waals surface area contributed by atoms with Crippen molar-refractivity contribution in [2.45, 2.75) is 0 Å². The summed E-state index contributed by atoms with van der Waals surface area (Å²) in [6.45, 7) is 0. The lowest BCUT2D eigenvalue weighted by atomic mass is 10.1. The number of benzene rings is 1. The van der Waals surface area contributed by atoms with Crippen LogP contribution in [0.1, 0.15) is 16.1 Å². The van der Waals surface area contributed by atoms with E-state index in [1.165, 1.54) is 19.3 Å². The number of rotatable bonds is 4. The van der Waals surface area contributed by atoms with Crippen molar-refractivity contribution in [3.05, 3.63) is 47.2 Å². The molecule has 0 amide bonds. The molecule has 20 heavy (non-hydrogen) atoms. The molecule has 100 valence electrons. The van der Waals surface area contributed by atoms with Crippen LogP contribution in [0.3, 0.4) is 0 Å². The summed E-state index contributed by atoms with van der Waals surface area (Å²) < 4.78 is 9.64. The molecule has 2 N–H and O–H groups in total. The third-order valence-corrected chi connectivity index (χ3v) is 2.51. The quantitative estimate of drug-likeness (QED) is 0.394. The van der Waals surface area contributed by atoms with Crippen LogP contribution in [0.2, 0.25) is 0 Å². The fourth-order valence-corrected chi connectivity index (χ4v) is 1.56. The van der Waals surface area contributed by atoms with Gasteiger partial charge in [0.2, 0.25) is 11.5 Å². The summed E-state index contributed by atoms with van der Waals surface area (Å²) in [5.74, 6) is -0.445. The molecule has 0 aliphatic carbocycles. The largest absolute Gasteiger partial charge is 0.479 e. The van der Waals surface area contributed by atoms with E-state index in [1.807, 2.05) is 6.07 Å². The first kappa shape index (κ1) is 13.4. The minimum Gasteiger partial charge on any atom is -0.479 e. The zero-order valence-electron chi connectivity index (χ0n) is 10.7. The molecule has 0 atom stereocenters. The number of hydrogen-bond acceptors (Lipinski definition) is 6. The summed E-state index contributed by atoms with van der Waals surface area (Å²) in [5, 5.41) is 12.6. The maximum atomic E-state index is 12.1. The van der Waals surface area contributed by atoms with Crippen molar-refractivity contribution in [3.8, 4) is 11.9 Å². The molecule has 1 aromatic carbocycles. The molecule has 0 spiro atoms. The van der Waals surface area contributed by atoms with Gasteiger partial charge in [-0.15, -0.1) is 0 Å². The van der Waals surface area contributed by atoms with Gasteiger partial charge in [-0.25, -0.2) is 0 Å². The van der Waals surface area contributed by atoms with Crippen molar-refractivity contribution in [1.29, 1.82) is 5.26 Å². The molecule has 6 nitrogen and oxygen atoms in total. The highest BCUT2D eigenvalue weighted by atomic mass is 16.5. The Labute approximate surface area is 115 Å². The molecular weight excluding hydrogens is 258 g/mol. The van der Waals surface area contributed by atoms with Gasteiger partial charge in [-0.1, -0.05) is 12.1 Å². The lowest BCUT2D eigenvalue weighted by Gasteiger charge is -1.97. The average Bonchev–Trinajstić information content (AvgIpc) is 2.93. The summed E-state index contributed by atoms with van der Waals surface area (Å²) in [6.07, 6.45) is 1.44. The van der Waals surface area contributed by atoms with Crippen molar-refractivity contribution >= 4 is 17.5 Å². The second-order valence-corrected chi connectivity index (χ2v) is 3.90. The second kappa shape index (κ2) is 5.71. The van der Waals surface area contributed by atoms with Gasteiger partial charge in [-0.2, -0.15) is 5.26 Å². The van der Waals surface area contributed by atoms with Crippen molar-refractivity contribution in [1.82, 2.24) is 5.16 Å². The van der Waals surface area contributed by atoms with Gasteiger partial charge < -0.3 is 15.0 Å². The van der Waals surface area contributed by atoms with E-state index in [4.69, 9.17) is 20.3 Å². The van der Waals surface area contributed by atoms with E-state index in [2.05, 4.69) is 5.16 Å². The number of nitrogen functional groups attached to an aromatic ring is 1. The highest BCUT2D eigenvalue weighted by molar-refractivity contribution is 6.12. The first-order chi connectivity index (χ1) is 9.63. The number of nitrogens with two attached hydrogens (primary N) is 1. The smallest absolute Gasteiger partial charge is 0.254 e. The number of aromatic nitrogens is 1. The molecule has 0 radical (unpaired) electrons. The number of ether oxygens (including phenoxy) is 1. The Balaban J connectivity index is 2.32. The Bertz CT molecular complexity index is 710. The lowest BCUT2D eigenvalue weighted by Crippen LogP contribution is -2.00. The topological polar surface area (TPSA) is 102 Å². The third kappa shape index (κ3) is 2.84. The first-order valence-electron chi connectivity index (χ1n) is 5.67. The van der Waals surface area contributed by atoms with Gasteiger partial charge in [0, 0.05) is 5.69 Å². The monoisotopic (exact) mass is 269 g/mol. The van der Waals surface area contributed by atoms with E-state index in [0.717, 1.165) is 0 Å². The van der Waals surface area contributed by atoms with Crippen LogP contribution in [-0.2, 0) is 0 Å². The van der Waals surface area contributed by atoms with Gasteiger partial charge in [0.1, 0.15) is 11.6 Å². The van der Waals surface area contributed by atoms with Gasteiger partial charge in [-0.3, -0.25) is 4.79 Å². The van der Waals surface area contributed by atoms with Crippen molar-refractivity contribution < 1.29 is 14.1 Å². The lowest BCUT2D eigenvalue weighted by molar-refractivity contribution is 0.100. The van der Waals surface area contributed by atoms with E-state index < -0.39 is 5.78 Å². The predicted molar refractivity (Wildman–Crippen MR) is 71.8 cm³/mol. The molecule has 0 fully saturated rings. The zero-order chi connectivity index (χ0) is 14.5. The summed E-state index contributed by atoms with van der Waals surface area (Å²) in [7, 11) is 1.40. The van der Waals surface area contributed by atoms with Crippen LogP contribution in [0, 0.1) is 11.3 Å². The Hall–Kier alpha value is -3.07. The highest BCUT2D eigenvalue weighted by Gasteiger charge is 2.18. The number of carbonyl (C=O) groups excluding carboxylic acids is 1. The second-order valence-electron chi connectivity index (χ2n) is 3.90. The number of nitrogens with zero attached hydrogens (tertiary/aromatic N) is 2. The van der Waals surface area contributed by atoms with Crippen LogP contribution in [0.4, 0.5) is 5.69 Å². The van der Waals surface area contributed by atoms with Gasteiger partial charge >= 0.3 is 0 Å². The minimum absolute atomic E-state index is 0.0569. The molecule has 2 rings (SSSR count). The Morgan fingerprint density at radius 1 is 1.50 bits per heavy atom. The molecule has 0 unspecified atom stereocenters. The maximum Gasteiger partial charge on any atom is 0.254 e. The van der Waals surface area contributed by atoms with Crippen molar-refractivity contribution in [3.63, 3.8) is 0 Å². The number of allylic oxidation sites excluding steroid dienone is 1. The molecule has 2 aromatic rings. The SMILES string of the molecule is COc1cc(C(=O)/C(C#N)=C/c2cccc(N)c2)on1. The average molecular weight is 269 g/mol. The predicted octanol–water partition coefficient (Wildman–Crippen LogP) is 2.06. The van der Waals surface area contributed by atoms with E-state index in [9.17, 15) is 4.79 Å². The number of carbonyl (C=O) groups is 1. The molecule has 6 heteroatoms. The van der Waals surface area contributed by atoms with Crippen LogP contribution in [0.5, 0.6) is 5.88 Å². The van der Waals surface area contributed by atoms with Crippen LogP contribution in [-0.4, -0.2) is 18.0 Å². The molecule has 0 aliphatic rings. The Morgan fingerprint density at radius 3 is 2.90 bits per heavy atom. The van der Waals surface area contributed by atoms with Crippen molar-refractivity contribution in [2.75, 3.05) is 12.8 Å². The summed E-state index contributed by atoms with van der Waals surface area (Å²) in [5.41, 5.74) is 6.77. The fraction of sp³-hybridized carbons (Fsp3) is 0.0714. The van der Waals surface area contributed by atoms with Gasteiger partial charge in [0.15, 0.2) is 0 Å². The number of Topliss-reactive ketones (excluding diaryl/α,β-unsaturated/α-hetero) is 1. The van der Waals surface area contributed by atoms with E-state index >= 15 is 0 Å². The zero-order valence-corrected chi connectivity index (χ0v) is 10.7. The standard InChI is InChI=1S/C14H11N3O3/c1-19-13-7-12(20-17-13)14(18)10(8-15)5-9-3-2-4-11(16)6-9/h2-7H,16H2,1H3/b10-5+. The molecule has 0 saturated carbocycles. The van der Waals surface area contributed by atoms with Crippen LogP contribution >= 0.6 is 0 Å². The van der Waals surface area contributed by atoms with Gasteiger partial charge in [0.25, 0.3) is 5.88 Å². The van der Waals surface area contributed by atoms with Crippen LogP contribution in [0.25, 0.3) is 6.08 Å². The summed E-state index contributed by atoms with van der Waals surface area (Å²) in [6, 6.07) is 10.0. The summed E-state index contributed by atoms with van der Waals surface area (Å²) in [4.78, 5) is 12.1. The fourth-order valence-electron chi connectivity index (χ4n) is 1.56. The van der Waals surface area contributed by atoms with Crippen molar-refractivity contribution in [2.24, 2.45) is 0 Å². The number of nitriles is 1. The number of hydrogen-bond donors (Lipinski definition) is 1. The number of methoxy groups -OCH3 is 1. The van der Waals surface area contributed by atoms with E-state index in [1.54, 1.807) is 24.3 Å². The Kier molecular flexibility index (Phi) is 3.82. The van der Waals surface area contributed by atoms with E-state index in [0.29, 0.717) is 11.3 Å². The molecule has 1 aromatic heterocycles. The highest BCUT2D eigenvalue weighted by Crippen LogP contribution is 2.17. The molecular formula is C14H11N3O3. The number of anilines is 1. The van der Waals surface area contributed by atoms with Gasteiger partial charge in [-0.05, 0) is 28.9 Å². The van der Waals surface area contributed by atoms with Gasteiger partial charge in [0.05, 0.1) is 13.2 Å². The molecule has 0 saturated heterocycles. The van der Waals surface area contributed by atoms with E-state index in [-0.39, 0.29) is 17.2 Å². The van der Waals surface area contributed by atoms with Crippen LogP contribution in [0.15, 0.2) is 40.4 Å². The third-order valence-electron chi connectivity index (χ3n) is 2.51. The first-order valence-corrected chi connectivity index (χ1v) is 5.67. The van der Waals surface area contributed by atoms with Crippen LogP contribution < -0.4 is 10.5 Å². The Morgan fingerprint density at radius 2 is 2.30 bits per heavy atom. The molecule has 0 bridgehead atoms.